The molecular formula is C52H32N6OPt-2. The molecule has 4 aromatic heterocycles. The first kappa shape index (κ1) is 35.7. The predicted molar refractivity (Wildman–Crippen MR) is 234 cm³/mol. The average Bonchev–Trinajstić information content (AvgIpc) is 3.80. The summed E-state index contributed by atoms with van der Waals surface area (Å²) < 4.78 is 14.4. The molecule has 0 amide bonds. The van der Waals surface area contributed by atoms with Crippen molar-refractivity contribution < 1.29 is 24.1 Å². The summed E-state index contributed by atoms with van der Waals surface area (Å²) in [6.07, 6.45) is 5.28. The number of ether oxygens (including phenoxy) is 1. The van der Waals surface area contributed by atoms with E-state index in [9.17, 15) is 0 Å². The molecular weight excluding hydrogens is 920 g/mol. The molecule has 7 nitrogen and oxygen atoms in total. The molecule has 7 aromatic carbocycles. The van der Waals surface area contributed by atoms with Crippen LogP contribution >= 0.6 is 0 Å². The number of aromatic nitrogens is 6. The number of rotatable bonds is 8. The van der Waals surface area contributed by atoms with Gasteiger partial charge in [-0.15, -0.1) is 0 Å². The summed E-state index contributed by atoms with van der Waals surface area (Å²) in [5, 5.41) is 2.16. The molecule has 60 heavy (non-hydrogen) atoms. The van der Waals surface area contributed by atoms with Crippen LogP contribution in [0.15, 0.2) is 195 Å². The van der Waals surface area contributed by atoms with Crippen molar-refractivity contribution in [3.63, 3.8) is 0 Å². The van der Waals surface area contributed by atoms with Crippen molar-refractivity contribution in [3.8, 4) is 62.3 Å². The molecule has 11 aromatic rings. The van der Waals surface area contributed by atoms with E-state index in [1.807, 2.05) is 42.6 Å². The number of pyridine rings is 1. The number of hydrogen-bond donors (Lipinski definition) is 0. The Morgan fingerprint density at radius 3 is 1.78 bits per heavy atom. The van der Waals surface area contributed by atoms with Gasteiger partial charge in [-0.2, -0.15) is 0 Å². The van der Waals surface area contributed by atoms with Crippen molar-refractivity contribution in [3.05, 3.63) is 210 Å². The van der Waals surface area contributed by atoms with Crippen LogP contribution in [0.4, 0.5) is 0 Å². The second kappa shape index (κ2) is 15.0. The Hall–Kier alpha value is -7.47. The standard InChI is InChI=1S/C52H32N6O.Pt/c1-3-14-36(15-4-1)42-21-12-22-43(37-16-5-2-6-17-37)51(42)57-35-56(47-24-9-10-25-48(47)57)39-18-11-19-40(32-39)59-41-27-28-45-44-20-7-8-23-46(44)58(49(45)33-41)50-29-26-38(34-55-50)52-53-30-13-31-54-52;/h1-31,34H;/q-2;. The SMILES string of the molecule is [Pt]=[c]1n(-c2[c-]c(Oc3[c-]c4c(cc3)c3ccccc3n4-c3ccc(-c4ncccn4)cn3)ccc2)c2ccccc2n1-c1c(-c2ccccc2)cccc1-c1ccccc1. The summed E-state index contributed by atoms with van der Waals surface area (Å²) >= 11 is 2.46. The second-order valence-electron chi connectivity index (χ2n) is 14.3. The zero-order valence-electron chi connectivity index (χ0n) is 31.9. The number of fused-ring (bicyclic) bond motifs is 4. The normalized spacial score (nSPS) is 11.4. The van der Waals surface area contributed by atoms with E-state index in [4.69, 9.17) is 9.72 Å². The number of hydrogen-bond acceptors (Lipinski definition) is 4. The van der Waals surface area contributed by atoms with Gasteiger partial charge in [0.15, 0.2) is 5.82 Å². The van der Waals surface area contributed by atoms with E-state index in [-0.39, 0.29) is 0 Å². The molecule has 8 heteroatoms. The third-order valence-corrected chi connectivity index (χ3v) is 11.7. The molecule has 0 saturated heterocycles. The molecule has 4 heterocycles. The van der Waals surface area contributed by atoms with Gasteiger partial charge < -0.3 is 0 Å². The van der Waals surface area contributed by atoms with Gasteiger partial charge in [0.1, 0.15) is 0 Å². The van der Waals surface area contributed by atoms with Gasteiger partial charge in [0, 0.05) is 24.2 Å². The van der Waals surface area contributed by atoms with E-state index in [1.54, 1.807) is 18.5 Å². The van der Waals surface area contributed by atoms with Crippen LogP contribution in [0, 0.1) is 15.9 Å². The van der Waals surface area contributed by atoms with Gasteiger partial charge >= 0.3 is 294 Å². The molecule has 0 bridgehead atoms. The summed E-state index contributed by atoms with van der Waals surface area (Å²) in [5.41, 5.74) is 11.4. The molecule has 0 spiro atoms. The molecule has 0 fully saturated rings. The monoisotopic (exact) mass is 951 g/mol. The van der Waals surface area contributed by atoms with Gasteiger partial charge in [-0.1, -0.05) is 12.1 Å². The molecule has 0 radical (unpaired) electrons. The predicted octanol–water partition coefficient (Wildman–Crippen LogP) is 12.2. The molecule has 0 aliphatic rings. The van der Waals surface area contributed by atoms with Gasteiger partial charge in [0.25, 0.3) is 0 Å². The van der Waals surface area contributed by atoms with Gasteiger partial charge in [-0.25, -0.2) is 9.97 Å². The first-order valence-electron chi connectivity index (χ1n) is 19.5. The van der Waals surface area contributed by atoms with Gasteiger partial charge in [-0.3, -0.25) is 0 Å². The number of nitrogens with zero attached hydrogens (tertiary/aromatic N) is 6. The summed E-state index contributed by atoms with van der Waals surface area (Å²) in [7, 11) is 0. The summed E-state index contributed by atoms with van der Waals surface area (Å²) in [5.74, 6) is 2.53. The topological polar surface area (TPSA) is 62.7 Å². The van der Waals surface area contributed by atoms with Crippen molar-refractivity contribution in [2.24, 2.45) is 0 Å². The fourth-order valence-electron chi connectivity index (χ4n) is 8.05. The maximum absolute atomic E-state index is 6.63. The van der Waals surface area contributed by atoms with Gasteiger partial charge in [-0.05, 0) is 12.1 Å². The van der Waals surface area contributed by atoms with E-state index in [0.29, 0.717) is 17.3 Å². The zero-order chi connectivity index (χ0) is 40.0. The number of para-hydroxylation sites is 4. The summed E-state index contributed by atoms with van der Waals surface area (Å²) in [6.45, 7) is 0. The Bertz CT molecular complexity index is 3350. The van der Waals surface area contributed by atoms with Crippen molar-refractivity contribution in [1.29, 1.82) is 0 Å². The molecule has 0 saturated carbocycles. The van der Waals surface area contributed by atoms with Crippen molar-refractivity contribution >= 4 is 32.8 Å². The van der Waals surface area contributed by atoms with E-state index >= 15 is 0 Å². The fourth-order valence-corrected chi connectivity index (χ4v) is 9.13. The fraction of sp³-hybridized carbons (Fsp3) is 0. The Kier molecular flexibility index (Phi) is 8.94. The van der Waals surface area contributed by atoms with Crippen LogP contribution in [-0.2, 0) is 19.4 Å². The molecule has 288 valence electrons. The molecule has 11 rings (SSSR count). The van der Waals surface area contributed by atoms with Crippen molar-refractivity contribution in [1.82, 2.24) is 28.7 Å². The van der Waals surface area contributed by atoms with Crippen molar-refractivity contribution in [2.75, 3.05) is 0 Å². The quantitative estimate of drug-likeness (QED) is 0.142. The molecule has 0 aliphatic heterocycles. The van der Waals surface area contributed by atoms with Gasteiger partial charge in [0.2, 0.25) is 0 Å². The van der Waals surface area contributed by atoms with Crippen LogP contribution < -0.4 is 4.74 Å². The first-order chi connectivity index (χ1) is 29.7. The van der Waals surface area contributed by atoms with Crippen LogP contribution in [-0.4, -0.2) is 28.7 Å². The third kappa shape index (κ3) is 6.19. The minimum absolute atomic E-state index is 0.570. The van der Waals surface area contributed by atoms with Crippen molar-refractivity contribution in [2.45, 2.75) is 0 Å². The first-order valence-corrected chi connectivity index (χ1v) is 20.7. The molecule has 0 N–H and O–H groups in total. The second-order valence-corrected chi connectivity index (χ2v) is 15.3. The summed E-state index contributed by atoms with van der Waals surface area (Å²) in [6, 6.07) is 67.7. The molecule has 0 atom stereocenters. The van der Waals surface area contributed by atoms with E-state index in [2.05, 4.69) is 189 Å². The Balaban J connectivity index is 1.02. The third-order valence-electron chi connectivity index (χ3n) is 10.7. The maximum atomic E-state index is 6.63. The van der Waals surface area contributed by atoms with Crippen LogP contribution in [0.3, 0.4) is 0 Å². The molecule has 0 aliphatic carbocycles. The van der Waals surface area contributed by atoms with Crippen LogP contribution in [0.25, 0.3) is 83.7 Å². The van der Waals surface area contributed by atoms with Crippen LogP contribution in [0.1, 0.15) is 0 Å². The minimum atomic E-state index is 0.570. The van der Waals surface area contributed by atoms with E-state index in [0.717, 1.165) is 81.7 Å². The van der Waals surface area contributed by atoms with E-state index < -0.39 is 0 Å². The Morgan fingerprint density at radius 1 is 0.450 bits per heavy atom. The van der Waals surface area contributed by atoms with Crippen LogP contribution in [0.2, 0.25) is 0 Å². The number of imidazole rings is 1. The van der Waals surface area contributed by atoms with E-state index in [1.165, 1.54) is 0 Å². The molecule has 0 unspecified atom stereocenters. The Labute approximate surface area is 356 Å². The summed E-state index contributed by atoms with van der Waals surface area (Å²) in [4.78, 5) is 13.7. The van der Waals surface area contributed by atoms with Gasteiger partial charge in [0.05, 0.1) is 0 Å². The zero-order valence-corrected chi connectivity index (χ0v) is 34.2. The average molecular weight is 952 g/mol. The Morgan fingerprint density at radius 2 is 1.08 bits per heavy atom. The number of benzene rings is 7. The van der Waals surface area contributed by atoms with Crippen LogP contribution in [0.5, 0.6) is 11.5 Å².